The summed E-state index contributed by atoms with van der Waals surface area (Å²) in [5.41, 5.74) is -3.52. The molecule has 2 N–H and O–H groups in total. The summed E-state index contributed by atoms with van der Waals surface area (Å²) >= 11 is 0. The van der Waals surface area contributed by atoms with Crippen LogP contribution in [0.25, 0.3) is 0 Å². The quantitative estimate of drug-likeness (QED) is 0.332. The predicted molar refractivity (Wildman–Crippen MR) is 148 cm³/mol. The Balaban J connectivity index is 1.52. The summed E-state index contributed by atoms with van der Waals surface area (Å²) in [5, 5.41) is 5.17. The number of ether oxygens (including phenoxy) is 1. The van der Waals surface area contributed by atoms with Crippen molar-refractivity contribution in [1.29, 1.82) is 0 Å². The van der Waals surface area contributed by atoms with Gasteiger partial charge in [0.05, 0.1) is 5.56 Å². The van der Waals surface area contributed by atoms with Gasteiger partial charge in [-0.3, -0.25) is 4.79 Å². The summed E-state index contributed by atoms with van der Waals surface area (Å²) in [6.45, 7) is 2.40. The lowest BCUT2D eigenvalue weighted by atomic mass is 9.80. The van der Waals surface area contributed by atoms with Crippen LogP contribution >= 0.6 is 0 Å². The molecule has 1 aromatic heterocycles. The molecule has 1 aromatic carbocycles. The van der Waals surface area contributed by atoms with Crippen LogP contribution in [0.1, 0.15) is 36.8 Å². The first-order valence-corrected chi connectivity index (χ1v) is 14.0. The lowest BCUT2D eigenvalue weighted by Gasteiger charge is -2.41. The van der Waals surface area contributed by atoms with Gasteiger partial charge < -0.3 is 30.1 Å². The number of nitrogens with zero attached hydrogens (tertiary/aromatic N) is 6. The van der Waals surface area contributed by atoms with Gasteiger partial charge in [0.15, 0.2) is 5.60 Å². The standard InChI is InChI=1S/C27H34F6N8O3/c1-34-22-36-23(38-24(37-22)41-14-12-39(2)13-15-41)40(3)18-8-10-25(11-9-18,44-21(43)27(31,32)33)20(42)35-16-17-6-4-5-7-19(17)26(28,29)30/h4-7,18H,8-16H2,1-3H3,(H,35,42)(H,34,36,37,38). The van der Waals surface area contributed by atoms with Crippen molar-refractivity contribution in [2.45, 2.75) is 56.2 Å². The van der Waals surface area contributed by atoms with Gasteiger partial charge in [0.1, 0.15) is 0 Å². The average molecular weight is 633 g/mol. The smallest absolute Gasteiger partial charge is 0.442 e. The van der Waals surface area contributed by atoms with Crippen LogP contribution in [0.2, 0.25) is 0 Å². The van der Waals surface area contributed by atoms with Crippen LogP contribution in [0, 0.1) is 0 Å². The number of piperazine rings is 1. The second kappa shape index (κ2) is 13.0. The van der Waals surface area contributed by atoms with Crippen LogP contribution in [-0.4, -0.2) is 96.9 Å². The van der Waals surface area contributed by atoms with E-state index >= 15 is 0 Å². The van der Waals surface area contributed by atoms with Gasteiger partial charge >= 0.3 is 18.3 Å². The minimum atomic E-state index is -5.38. The number of alkyl halides is 6. The second-order valence-corrected chi connectivity index (χ2v) is 10.9. The first-order chi connectivity index (χ1) is 20.6. The van der Waals surface area contributed by atoms with Crippen LogP contribution in [0.15, 0.2) is 24.3 Å². The van der Waals surface area contributed by atoms with Gasteiger partial charge in [-0.25, -0.2) is 4.79 Å². The van der Waals surface area contributed by atoms with Crippen LogP contribution < -0.4 is 20.4 Å². The van der Waals surface area contributed by atoms with Crippen molar-refractivity contribution < 1.29 is 40.7 Å². The molecule has 11 nitrogen and oxygen atoms in total. The normalized spacial score (nSPS) is 21.5. The van der Waals surface area contributed by atoms with Gasteiger partial charge in [-0.15, -0.1) is 0 Å². The molecule has 1 saturated heterocycles. The van der Waals surface area contributed by atoms with Crippen molar-refractivity contribution in [1.82, 2.24) is 25.2 Å². The summed E-state index contributed by atoms with van der Waals surface area (Å²) in [4.78, 5) is 44.6. The van der Waals surface area contributed by atoms with Gasteiger partial charge in [0, 0.05) is 52.9 Å². The highest BCUT2D eigenvalue weighted by atomic mass is 19.4. The zero-order valence-corrected chi connectivity index (χ0v) is 24.4. The van der Waals surface area contributed by atoms with Crippen molar-refractivity contribution in [3.05, 3.63) is 35.4 Å². The van der Waals surface area contributed by atoms with Gasteiger partial charge in [0.2, 0.25) is 17.8 Å². The third-order valence-corrected chi connectivity index (χ3v) is 7.94. The maximum atomic E-state index is 13.4. The molecule has 1 aliphatic carbocycles. The second-order valence-electron chi connectivity index (χ2n) is 10.9. The third kappa shape index (κ3) is 7.60. The molecule has 0 unspecified atom stereocenters. The van der Waals surface area contributed by atoms with E-state index < -0.39 is 41.9 Å². The van der Waals surface area contributed by atoms with Crippen LogP contribution in [0.4, 0.5) is 44.2 Å². The molecule has 2 aliphatic rings. The van der Waals surface area contributed by atoms with Crippen molar-refractivity contribution in [2.24, 2.45) is 0 Å². The average Bonchev–Trinajstić information content (AvgIpc) is 2.99. The Bertz CT molecular complexity index is 1330. The number of hydrogen-bond donors (Lipinski definition) is 2. The van der Waals surface area contributed by atoms with Crippen LogP contribution in [0.3, 0.4) is 0 Å². The topological polar surface area (TPSA) is 116 Å². The molecule has 0 bridgehead atoms. The summed E-state index contributed by atoms with van der Waals surface area (Å²) in [6.07, 6.45) is -10.5. The molecule has 1 saturated carbocycles. The molecule has 2 aromatic rings. The Morgan fingerprint density at radius 1 is 1.02 bits per heavy atom. The lowest BCUT2D eigenvalue weighted by Crippen LogP contribution is -2.55. The van der Waals surface area contributed by atoms with E-state index in [4.69, 9.17) is 4.74 Å². The first-order valence-electron chi connectivity index (χ1n) is 14.0. The molecule has 2 heterocycles. The van der Waals surface area contributed by atoms with E-state index in [0.29, 0.717) is 30.9 Å². The summed E-state index contributed by atoms with van der Waals surface area (Å²) < 4.78 is 84.7. The number of benzene rings is 1. The number of rotatable bonds is 8. The number of aromatic nitrogens is 3. The number of carbonyl (C=O) groups is 2. The Labute approximate surface area is 250 Å². The third-order valence-electron chi connectivity index (χ3n) is 7.94. The molecule has 0 radical (unpaired) electrons. The predicted octanol–water partition coefficient (Wildman–Crippen LogP) is 3.22. The zero-order valence-electron chi connectivity index (χ0n) is 24.4. The van der Waals surface area contributed by atoms with E-state index in [1.807, 2.05) is 11.9 Å². The molecule has 2 fully saturated rings. The zero-order chi connectivity index (χ0) is 32.3. The highest BCUT2D eigenvalue weighted by Gasteiger charge is 2.52. The molecule has 44 heavy (non-hydrogen) atoms. The van der Waals surface area contributed by atoms with Crippen molar-refractivity contribution in [2.75, 3.05) is 62.4 Å². The van der Waals surface area contributed by atoms with E-state index in [1.165, 1.54) is 12.1 Å². The van der Waals surface area contributed by atoms with Crippen molar-refractivity contribution >= 4 is 29.7 Å². The molecule has 0 atom stereocenters. The number of likely N-dealkylation sites (N-methyl/N-ethyl adjacent to an activating group) is 1. The molecule has 4 rings (SSSR count). The Hall–Kier alpha value is -3.89. The van der Waals surface area contributed by atoms with E-state index in [9.17, 15) is 35.9 Å². The Morgan fingerprint density at radius 3 is 2.25 bits per heavy atom. The highest BCUT2D eigenvalue weighted by Crippen LogP contribution is 2.37. The first kappa shape index (κ1) is 33.0. The highest BCUT2D eigenvalue weighted by molar-refractivity contribution is 5.89. The summed E-state index contributed by atoms with van der Waals surface area (Å²) in [5.74, 6) is -2.58. The minimum Gasteiger partial charge on any atom is -0.442 e. The molecule has 1 aliphatic heterocycles. The Kier molecular flexibility index (Phi) is 9.75. The monoisotopic (exact) mass is 632 g/mol. The van der Waals surface area contributed by atoms with E-state index in [1.54, 1.807) is 19.0 Å². The molecule has 242 valence electrons. The van der Waals surface area contributed by atoms with Gasteiger partial charge in [0.25, 0.3) is 5.91 Å². The number of anilines is 3. The molecular formula is C27H34F6N8O3. The minimum absolute atomic E-state index is 0.0958. The fraction of sp³-hybridized carbons (Fsp3) is 0.593. The summed E-state index contributed by atoms with van der Waals surface area (Å²) in [6, 6.07) is 4.14. The fourth-order valence-corrected chi connectivity index (χ4v) is 5.29. The maximum absolute atomic E-state index is 13.4. The van der Waals surface area contributed by atoms with Crippen LogP contribution in [0.5, 0.6) is 0 Å². The number of carbonyl (C=O) groups excluding carboxylic acids is 2. The van der Waals surface area contributed by atoms with E-state index in [2.05, 4.69) is 30.5 Å². The Morgan fingerprint density at radius 2 is 1.66 bits per heavy atom. The molecule has 1 amide bonds. The van der Waals surface area contributed by atoms with E-state index in [0.717, 1.165) is 25.2 Å². The largest absolute Gasteiger partial charge is 0.490 e. The number of esters is 1. The summed E-state index contributed by atoms with van der Waals surface area (Å²) in [7, 11) is 5.37. The molecule has 17 heteroatoms. The number of nitrogens with one attached hydrogen (secondary N) is 2. The number of halogens is 6. The maximum Gasteiger partial charge on any atom is 0.490 e. The molecular weight excluding hydrogens is 598 g/mol. The van der Waals surface area contributed by atoms with Gasteiger partial charge in [-0.05, 0) is 44.4 Å². The van der Waals surface area contributed by atoms with Crippen molar-refractivity contribution in [3.8, 4) is 0 Å². The number of amides is 1. The van der Waals surface area contributed by atoms with Gasteiger partial charge in [-0.1, -0.05) is 18.2 Å². The van der Waals surface area contributed by atoms with Crippen LogP contribution in [-0.2, 0) is 27.0 Å². The SMILES string of the molecule is CNc1nc(N2CCN(C)CC2)nc(N(C)C2CCC(OC(=O)C(F)(F)F)(C(=O)NCc3ccccc3C(F)(F)F)CC2)n1. The van der Waals surface area contributed by atoms with Crippen molar-refractivity contribution in [3.63, 3.8) is 0 Å². The van der Waals surface area contributed by atoms with E-state index in [-0.39, 0.29) is 37.3 Å². The molecule has 0 spiro atoms. The van der Waals surface area contributed by atoms with Gasteiger partial charge in [-0.2, -0.15) is 41.3 Å². The number of hydrogen-bond acceptors (Lipinski definition) is 10. The lowest BCUT2D eigenvalue weighted by molar-refractivity contribution is -0.217. The fourth-order valence-electron chi connectivity index (χ4n) is 5.29.